The van der Waals surface area contributed by atoms with Crippen molar-refractivity contribution in [3.8, 4) is 11.1 Å². The summed E-state index contributed by atoms with van der Waals surface area (Å²) < 4.78 is 6.41. The Morgan fingerprint density at radius 1 is 0.633 bits per heavy atom. The van der Waals surface area contributed by atoms with E-state index in [2.05, 4.69) is 225 Å². The summed E-state index contributed by atoms with van der Waals surface area (Å²) in [5, 5.41) is 4.60. The van der Waals surface area contributed by atoms with Crippen molar-refractivity contribution in [2.45, 2.75) is 18.3 Å². The standard InChI is InChI=1S/C58H43NO/c1-3-19-55(57-39(2)60-56-33-17-15-31-51(56)57)59(44-26-18-21-40(36-44)52-37-41-20-10-11-27-46(41)47-28-12-13-29-48(47)52)45-34-35-50-49-30-14-16-32-53(49)58(54(50)38-45,42-22-6-4-7-23-42)43-24-8-5-9-25-43/h3-38,48,52H,2H2,1H3/b19-3-,57-55-. The number of fused-ring (bicyclic) bond motifs is 6. The fourth-order valence-corrected chi connectivity index (χ4v) is 10.3. The topological polar surface area (TPSA) is 16.4 Å². The SMILES string of the molecule is C=c1oc2ccccc2/c1=C(/C=C\C)N(c1cccc(C2C=c3ccccc3=C3C=CC=CC32)c1)c1ccc2c(c1)C(c1ccccc1)(c1ccccc1)c1ccccc1-2. The Balaban J connectivity index is 1.20. The number of rotatable bonds is 7. The van der Waals surface area contributed by atoms with E-state index < -0.39 is 5.41 Å². The molecule has 0 fully saturated rings. The smallest absolute Gasteiger partial charge is 0.135 e. The highest BCUT2D eigenvalue weighted by Crippen LogP contribution is 2.57. The number of anilines is 2. The van der Waals surface area contributed by atoms with Crippen LogP contribution in [0.5, 0.6) is 0 Å². The van der Waals surface area contributed by atoms with Gasteiger partial charge in [-0.15, -0.1) is 0 Å². The van der Waals surface area contributed by atoms with E-state index in [0.717, 1.165) is 33.3 Å². The number of furan rings is 1. The maximum atomic E-state index is 6.41. The van der Waals surface area contributed by atoms with Gasteiger partial charge in [-0.25, -0.2) is 0 Å². The molecule has 11 rings (SSSR count). The van der Waals surface area contributed by atoms with E-state index in [-0.39, 0.29) is 11.8 Å². The van der Waals surface area contributed by atoms with Crippen LogP contribution in [0.2, 0.25) is 0 Å². The molecule has 2 nitrogen and oxygen atoms in total. The minimum atomic E-state index is -0.546. The van der Waals surface area contributed by atoms with Crippen LogP contribution in [0.15, 0.2) is 217 Å². The predicted molar refractivity (Wildman–Crippen MR) is 250 cm³/mol. The van der Waals surface area contributed by atoms with E-state index in [1.54, 1.807) is 0 Å². The van der Waals surface area contributed by atoms with Crippen LogP contribution < -0.4 is 26.0 Å². The highest BCUT2D eigenvalue weighted by atomic mass is 16.3. The molecule has 0 saturated heterocycles. The average molecular weight is 770 g/mol. The molecule has 0 spiro atoms. The summed E-state index contributed by atoms with van der Waals surface area (Å²) in [7, 11) is 0. The van der Waals surface area contributed by atoms with Gasteiger partial charge in [0, 0.05) is 28.6 Å². The number of para-hydroxylation sites is 1. The van der Waals surface area contributed by atoms with Crippen LogP contribution in [0.1, 0.15) is 40.7 Å². The van der Waals surface area contributed by atoms with E-state index in [9.17, 15) is 0 Å². The number of nitrogens with zero attached hydrogens (tertiary/aromatic N) is 1. The Kier molecular flexibility index (Phi) is 8.60. The molecule has 0 radical (unpaired) electrons. The van der Waals surface area contributed by atoms with Crippen LogP contribution in [-0.4, -0.2) is 0 Å². The molecule has 286 valence electrons. The summed E-state index contributed by atoms with van der Waals surface area (Å²) >= 11 is 0. The zero-order valence-electron chi connectivity index (χ0n) is 33.5. The molecule has 0 aliphatic heterocycles. The zero-order valence-corrected chi connectivity index (χ0v) is 33.5. The second-order valence-corrected chi connectivity index (χ2v) is 16.0. The van der Waals surface area contributed by atoms with Crippen molar-refractivity contribution in [2.24, 2.45) is 5.92 Å². The lowest BCUT2D eigenvalue weighted by Crippen LogP contribution is -2.35. The first-order valence-corrected chi connectivity index (χ1v) is 20.9. The van der Waals surface area contributed by atoms with Gasteiger partial charge < -0.3 is 9.32 Å². The lowest BCUT2D eigenvalue weighted by atomic mass is 9.67. The van der Waals surface area contributed by atoms with Gasteiger partial charge in [0.05, 0.1) is 16.3 Å². The van der Waals surface area contributed by atoms with Crippen LogP contribution in [-0.2, 0) is 5.41 Å². The average Bonchev–Trinajstić information content (AvgIpc) is 3.80. The first-order chi connectivity index (χ1) is 29.6. The Morgan fingerprint density at radius 2 is 1.33 bits per heavy atom. The van der Waals surface area contributed by atoms with Gasteiger partial charge in [0.25, 0.3) is 0 Å². The predicted octanol–water partition coefficient (Wildman–Crippen LogP) is 11.2. The minimum Gasteiger partial charge on any atom is -0.457 e. The van der Waals surface area contributed by atoms with Gasteiger partial charge in [-0.1, -0.05) is 189 Å². The molecule has 60 heavy (non-hydrogen) atoms. The lowest BCUT2D eigenvalue weighted by Gasteiger charge is -2.35. The lowest BCUT2D eigenvalue weighted by molar-refractivity contribution is 0.577. The molecular weight excluding hydrogens is 727 g/mol. The molecule has 3 aliphatic rings. The number of hydrogen-bond acceptors (Lipinski definition) is 2. The number of hydrogen-bond donors (Lipinski definition) is 0. The molecular formula is C58H43NO. The summed E-state index contributed by atoms with van der Waals surface area (Å²) in [6.07, 6.45) is 15.8. The summed E-state index contributed by atoms with van der Waals surface area (Å²) in [6, 6.07) is 64.3. The van der Waals surface area contributed by atoms with E-state index >= 15 is 0 Å². The third-order valence-corrected chi connectivity index (χ3v) is 12.8. The van der Waals surface area contributed by atoms with Gasteiger partial charge in [0.1, 0.15) is 11.0 Å². The highest BCUT2D eigenvalue weighted by molar-refractivity contribution is 5.93. The van der Waals surface area contributed by atoms with E-state index in [1.165, 1.54) is 55.0 Å². The summed E-state index contributed by atoms with van der Waals surface area (Å²) in [4.78, 5) is 2.43. The summed E-state index contributed by atoms with van der Waals surface area (Å²) in [6.45, 7) is 6.59. The van der Waals surface area contributed by atoms with Crippen molar-refractivity contribution in [1.82, 2.24) is 0 Å². The Labute approximate surface area is 350 Å². The molecule has 1 heterocycles. The quantitative estimate of drug-likeness (QED) is 0.161. The van der Waals surface area contributed by atoms with Crippen molar-refractivity contribution in [3.05, 3.63) is 261 Å². The van der Waals surface area contributed by atoms with Gasteiger partial charge in [0.15, 0.2) is 0 Å². The molecule has 2 unspecified atom stereocenters. The van der Waals surface area contributed by atoms with Crippen LogP contribution in [0, 0.1) is 5.92 Å². The molecule has 1 aromatic heterocycles. The van der Waals surface area contributed by atoms with E-state index in [0.29, 0.717) is 5.42 Å². The molecule has 7 aromatic carbocycles. The second kappa shape index (κ2) is 14.4. The Hall–Kier alpha value is -7.42. The van der Waals surface area contributed by atoms with Gasteiger partial charge in [-0.3, -0.25) is 0 Å². The maximum Gasteiger partial charge on any atom is 0.135 e. The normalized spacial score (nSPS) is 17.4. The summed E-state index contributed by atoms with van der Waals surface area (Å²) in [5.41, 5.74) is 14.2. The van der Waals surface area contributed by atoms with Crippen molar-refractivity contribution in [3.63, 3.8) is 0 Å². The van der Waals surface area contributed by atoms with Crippen LogP contribution in [0.4, 0.5) is 11.4 Å². The number of allylic oxidation sites excluding steroid dienone is 5. The van der Waals surface area contributed by atoms with Crippen LogP contribution in [0.3, 0.4) is 0 Å². The Bertz CT molecular complexity index is 3270. The van der Waals surface area contributed by atoms with Gasteiger partial charge >= 0.3 is 0 Å². The molecule has 8 aromatic rings. The third-order valence-electron chi connectivity index (χ3n) is 12.8. The first-order valence-electron chi connectivity index (χ1n) is 20.9. The minimum absolute atomic E-state index is 0.152. The maximum absolute atomic E-state index is 6.41. The molecule has 0 bridgehead atoms. The van der Waals surface area contributed by atoms with Crippen LogP contribution in [0.25, 0.3) is 46.0 Å². The number of benzene rings is 7. The fourth-order valence-electron chi connectivity index (χ4n) is 10.3. The molecule has 0 saturated carbocycles. The molecule has 2 atom stereocenters. The second-order valence-electron chi connectivity index (χ2n) is 16.0. The van der Waals surface area contributed by atoms with Crippen LogP contribution >= 0.6 is 0 Å². The van der Waals surface area contributed by atoms with Crippen molar-refractivity contribution >= 4 is 46.3 Å². The largest absolute Gasteiger partial charge is 0.457 e. The molecule has 3 aliphatic carbocycles. The van der Waals surface area contributed by atoms with Gasteiger partial charge in [-0.05, 0) is 98.3 Å². The monoisotopic (exact) mass is 769 g/mol. The zero-order chi connectivity index (χ0) is 40.2. The molecule has 0 N–H and O–H groups in total. The Morgan fingerprint density at radius 3 is 2.15 bits per heavy atom. The van der Waals surface area contributed by atoms with E-state index in [1.807, 2.05) is 12.1 Å². The fraction of sp³-hybridized carbons (Fsp3) is 0.0690. The third kappa shape index (κ3) is 5.48. The van der Waals surface area contributed by atoms with Gasteiger partial charge in [0.2, 0.25) is 0 Å². The van der Waals surface area contributed by atoms with Crippen molar-refractivity contribution in [2.75, 3.05) is 4.90 Å². The first kappa shape index (κ1) is 35.7. The van der Waals surface area contributed by atoms with Gasteiger partial charge in [-0.2, -0.15) is 0 Å². The van der Waals surface area contributed by atoms with Crippen molar-refractivity contribution < 1.29 is 4.42 Å². The molecule has 0 amide bonds. The highest BCUT2D eigenvalue weighted by Gasteiger charge is 2.46. The summed E-state index contributed by atoms with van der Waals surface area (Å²) in [5.74, 6) is 0.382. The van der Waals surface area contributed by atoms with Crippen molar-refractivity contribution in [1.29, 1.82) is 0 Å². The van der Waals surface area contributed by atoms with E-state index in [4.69, 9.17) is 4.42 Å². The molecule has 2 heteroatoms.